The van der Waals surface area contributed by atoms with Gasteiger partial charge in [0.25, 0.3) is 5.91 Å². The standard InChI is InChI=1S/C14H14N2O3/c15-7-8-16-13(17)10-5-1-3-9-4-2-6-11(12(9)10)14(18)19/h1-6H,7-8,15H2,(H,16,17)(H,18,19). The number of hydrogen-bond donors (Lipinski definition) is 3. The molecule has 5 heteroatoms. The van der Waals surface area contributed by atoms with Crippen LogP contribution in [-0.2, 0) is 0 Å². The minimum atomic E-state index is -1.05. The summed E-state index contributed by atoms with van der Waals surface area (Å²) < 4.78 is 0. The predicted molar refractivity (Wildman–Crippen MR) is 72.3 cm³/mol. The van der Waals surface area contributed by atoms with Gasteiger partial charge in [-0.1, -0.05) is 24.3 Å². The fourth-order valence-electron chi connectivity index (χ4n) is 1.99. The number of nitrogens with one attached hydrogen (secondary N) is 1. The minimum Gasteiger partial charge on any atom is -0.478 e. The maximum absolute atomic E-state index is 12.0. The van der Waals surface area contributed by atoms with Crippen molar-refractivity contribution in [3.8, 4) is 0 Å². The van der Waals surface area contributed by atoms with Gasteiger partial charge in [-0.3, -0.25) is 4.79 Å². The van der Waals surface area contributed by atoms with Crippen LogP contribution >= 0.6 is 0 Å². The summed E-state index contributed by atoms with van der Waals surface area (Å²) in [6.45, 7) is 0.687. The lowest BCUT2D eigenvalue weighted by molar-refractivity contribution is 0.0699. The molecule has 0 spiro atoms. The van der Waals surface area contributed by atoms with Crippen LogP contribution in [0.15, 0.2) is 36.4 Å². The van der Waals surface area contributed by atoms with Crippen molar-refractivity contribution in [2.45, 2.75) is 0 Å². The van der Waals surface area contributed by atoms with Crippen molar-refractivity contribution in [2.24, 2.45) is 5.73 Å². The lowest BCUT2D eigenvalue weighted by atomic mass is 9.98. The molecule has 5 nitrogen and oxygen atoms in total. The van der Waals surface area contributed by atoms with Crippen LogP contribution in [0.3, 0.4) is 0 Å². The summed E-state index contributed by atoms with van der Waals surface area (Å²) in [7, 11) is 0. The number of carbonyl (C=O) groups is 2. The molecule has 0 radical (unpaired) electrons. The smallest absolute Gasteiger partial charge is 0.336 e. The van der Waals surface area contributed by atoms with Crippen molar-refractivity contribution in [2.75, 3.05) is 13.1 Å². The number of carboxylic acids is 1. The molecule has 0 bridgehead atoms. The molecule has 0 aliphatic rings. The first-order valence-corrected chi connectivity index (χ1v) is 5.88. The quantitative estimate of drug-likeness (QED) is 0.769. The fourth-order valence-corrected chi connectivity index (χ4v) is 1.99. The van der Waals surface area contributed by atoms with Crippen LogP contribution in [0.25, 0.3) is 10.8 Å². The monoisotopic (exact) mass is 258 g/mol. The van der Waals surface area contributed by atoms with Crippen LogP contribution in [0.5, 0.6) is 0 Å². The van der Waals surface area contributed by atoms with Crippen molar-refractivity contribution in [3.05, 3.63) is 47.5 Å². The molecule has 0 saturated carbocycles. The second kappa shape index (κ2) is 5.49. The Labute approximate surface area is 110 Å². The molecule has 98 valence electrons. The molecule has 0 aliphatic carbocycles. The van der Waals surface area contributed by atoms with Crippen LogP contribution in [-0.4, -0.2) is 30.1 Å². The average Bonchev–Trinajstić information content (AvgIpc) is 2.43. The van der Waals surface area contributed by atoms with Crippen LogP contribution in [0.4, 0.5) is 0 Å². The van der Waals surface area contributed by atoms with E-state index in [1.165, 1.54) is 6.07 Å². The highest BCUT2D eigenvalue weighted by Gasteiger charge is 2.15. The van der Waals surface area contributed by atoms with Gasteiger partial charge in [-0.25, -0.2) is 4.79 Å². The van der Waals surface area contributed by atoms with Crippen molar-refractivity contribution in [1.82, 2.24) is 5.32 Å². The van der Waals surface area contributed by atoms with E-state index in [0.29, 0.717) is 24.0 Å². The third-order valence-corrected chi connectivity index (χ3v) is 2.81. The molecular weight excluding hydrogens is 244 g/mol. The lowest BCUT2D eigenvalue weighted by Gasteiger charge is -2.09. The molecule has 1 amide bonds. The largest absolute Gasteiger partial charge is 0.478 e. The first-order valence-electron chi connectivity index (χ1n) is 5.88. The van der Waals surface area contributed by atoms with Gasteiger partial charge in [0.15, 0.2) is 0 Å². The van der Waals surface area contributed by atoms with Crippen LogP contribution < -0.4 is 11.1 Å². The number of nitrogens with two attached hydrogens (primary N) is 1. The maximum atomic E-state index is 12.0. The lowest BCUT2D eigenvalue weighted by Crippen LogP contribution is -2.29. The maximum Gasteiger partial charge on any atom is 0.336 e. The second-order valence-corrected chi connectivity index (χ2v) is 4.06. The molecule has 19 heavy (non-hydrogen) atoms. The normalized spacial score (nSPS) is 10.4. The number of hydrogen-bond acceptors (Lipinski definition) is 3. The third-order valence-electron chi connectivity index (χ3n) is 2.81. The predicted octanol–water partition coefficient (Wildman–Crippen LogP) is 1.23. The van der Waals surface area contributed by atoms with E-state index in [9.17, 15) is 14.7 Å². The molecule has 2 aromatic carbocycles. The zero-order valence-corrected chi connectivity index (χ0v) is 10.2. The molecule has 0 aliphatic heterocycles. The van der Waals surface area contributed by atoms with Crippen LogP contribution in [0, 0.1) is 0 Å². The highest BCUT2D eigenvalue weighted by molar-refractivity contribution is 6.14. The van der Waals surface area contributed by atoms with E-state index < -0.39 is 5.97 Å². The number of aromatic carboxylic acids is 1. The van der Waals surface area contributed by atoms with E-state index >= 15 is 0 Å². The number of rotatable bonds is 4. The first kappa shape index (κ1) is 13.0. The second-order valence-electron chi connectivity index (χ2n) is 4.06. The fraction of sp³-hybridized carbons (Fsp3) is 0.143. The number of fused-ring (bicyclic) bond motifs is 1. The van der Waals surface area contributed by atoms with Gasteiger partial charge in [0.05, 0.1) is 5.56 Å². The Kier molecular flexibility index (Phi) is 3.77. The molecule has 0 heterocycles. The van der Waals surface area contributed by atoms with E-state index in [1.54, 1.807) is 30.3 Å². The average molecular weight is 258 g/mol. The summed E-state index contributed by atoms with van der Waals surface area (Å²) in [6, 6.07) is 10.0. The number of benzene rings is 2. The highest BCUT2D eigenvalue weighted by atomic mass is 16.4. The van der Waals surface area contributed by atoms with Gasteiger partial charge in [0.1, 0.15) is 0 Å². The molecule has 0 unspecified atom stereocenters. The first-order chi connectivity index (χ1) is 9.15. The molecule has 2 rings (SSSR count). The summed E-state index contributed by atoms with van der Waals surface area (Å²) in [5.74, 6) is -1.37. The van der Waals surface area contributed by atoms with Gasteiger partial charge in [-0.2, -0.15) is 0 Å². The zero-order chi connectivity index (χ0) is 13.8. The van der Waals surface area contributed by atoms with Crippen molar-refractivity contribution < 1.29 is 14.7 Å². The summed E-state index contributed by atoms with van der Waals surface area (Å²) in [6.07, 6.45) is 0. The van der Waals surface area contributed by atoms with Crippen LogP contribution in [0.2, 0.25) is 0 Å². The van der Waals surface area contributed by atoms with Crippen molar-refractivity contribution >= 4 is 22.6 Å². The third kappa shape index (κ3) is 2.56. The van der Waals surface area contributed by atoms with Gasteiger partial charge in [0, 0.05) is 24.0 Å². The van der Waals surface area contributed by atoms with Gasteiger partial charge >= 0.3 is 5.97 Å². The molecule has 0 aromatic heterocycles. The Balaban J connectivity index is 2.60. The topological polar surface area (TPSA) is 92.4 Å². The Morgan fingerprint density at radius 1 is 1.11 bits per heavy atom. The van der Waals surface area contributed by atoms with Gasteiger partial charge < -0.3 is 16.2 Å². The van der Waals surface area contributed by atoms with E-state index in [-0.39, 0.29) is 11.5 Å². The van der Waals surface area contributed by atoms with E-state index in [2.05, 4.69) is 5.32 Å². The molecule has 4 N–H and O–H groups in total. The van der Waals surface area contributed by atoms with Crippen LogP contribution in [0.1, 0.15) is 20.7 Å². The van der Waals surface area contributed by atoms with E-state index in [4.69, 9.17) is 5.73 Å². The van der Waals surface area contributed by atoms with E-state index in [1.807, 2.05) is 0 Å². The highest BCUT2D eigenvalue weighted by Crippen LogP contribution is 2.23. The molecule has 0 atom stereocenters. The molecular formula is C14H14N2O3. The summed E-state index contributed by atoms with van der Waals surface area (Å²) in [4.78, 5) is 23.3. The van der Waals surface area contributed by atoms with Gasteiger partial charge in [-0.05, 0) is 17.5 Å². The number of carbonyl (C=O) groups excluding carboxylic acids is 1. The summed E-state index contributed by atoms with van der Waals surface area (Å²) in [5.41, 5.74) is 5.81. The van der Waals surface area contributed by atoms with E-state index in [0.717, 1.165) is 5.39 Å². The van der Waals surface area contributed by atoms with Gasteiger partial charge in [-0.15, -0.1) is 0 Å². The number of amides is 1. The molecule has 2 aromatic rings. The Morgan fingerprint density at radius 2 is 1.74 bits per heavy atom. The Bertz CT molecular complexity index is 632. The number of carboxylic acid groups (broad SMARTS) is 1. The Morgan fingerprint density at radius 3 is 2.32 bits per heavy atom. The summed E-state index contributed by atoms with van der Waals surface area (Å²) in [5, 5.41) is 13.0. The van der Waals surface area contributed by atoms with Gasteiger partial charge in [0.2, 0.25) is 0 Å². The molecule has 0 fully saturated rings. The minimum absolute atomic E-state index is 0.121. The SMILES string of the molecule is NCCNC(=O)c1cccc2cccc(C(=O)O)c12. The molecule has 0 saturated heterocycles. The zero-order valence-electron chi connectivity index (χ0n) is 10.2. The van der Waals surface area contributed by atoms with Crippen molar-refractivity contribution in [1.29, 1.82) is 0 Å². The Hall–Kier alpha value is -2.40. The summed E-state index contributed by atoms with van der Waals surface area (Å²) >= 11 is 0. The van der Waals surface area contributed by atoms with Crippen molar-refractivity contribution in [3.63, 3.8) is 0 Å².